The Labute approximate surface area is 244 Å². The molecule has 0 aliphatic carbocycles. The summed E-state index contributed by atoms with van der Waals surface area (Å²) >= 11 is 0. The lowest BCUT2D eigenvalue weighted by Crippen LogP contribution is -2.51. The van der Waals surface area contributed by atoms with Crippen molar-refractivity contribution >= 4 is 28.4 Å². The molecule has 5 aromatic rings. The second kappa shape index (κ2) is 10.7. The molecule has 0 saturated carbocycles. The summed E-state index contributed by atoms with van der Waals surface area (Å²) in [6.45, 7) is 2.58. The summed E-state index contributed by atoms with van der Waals surface area (Å²) < 4.78 is 5.55. The number of hydrogen-bond donors (Lipinski definition) is 1. The van der Waals surface area contributed by atoms with Crippen molar-refractivity contribution in [3.8, 4) is 17.0 Å². The molecule has 1 N–H and O–H groups in total. The number of carbonyl (C=O) groups is 2. The van der Waals surface area contributed by atoms with Gasteiger partial charge in [-0.05, 0) is 35.4 Å². The molecule has 0 radical (unpaired) electrons. The van der Waals surface area contributed by atoms with Gasteiger partial charge in [0.15, 0.2) is 0 Å². The average molecular weight is 557 g/mol. The van der Waals surface area contributed by atoms with E-state index in [1.807, 2.05) is 83.8 Å². The number of rotatable bonds is 6. The van der Waals surface area contributed by atoms with Crippen molar-refractivity contribution in [2.45, 2.75) is 6.04 Å². The van der Waals surface area contributed by atoms with E-state index in [4.69, 9.17) is 4.74 Å². The standard InChI is InChI=1S/C35H32N4O3/c1-42-30-18-10-9-17-29(30)37-19-21-38(22-20-37)31(40)23-39-34(25-13-5-6-14-26(25)35(39)41)32-27-15-7-8-16-28(27)36-33(32)24-11-3-2-4-12-24/h2-18,34,36H,19-23H2,1H3/t34-/m0/s1. The molecule has 2 amide bonds. The van der Waals surface area contributed by atoms with Gasteiger partial charge >= 0.3 is 0 Å². The summed E-state index contributed by atoms with van der Waals surface area (Å²) in [6.07, 6.45) is 0. The van der Waals surface area contributed by atoms with E-state index in [1.54, 1.807) is 12.0 Å². The first kappa shape index (κ1) is 25.9. The highest BCUT2D eigenvalue weighted by molar-refractivity contribution is 6.03. The molecule has 2 aliphatic rings. The summed E-state index contributed by atoms with van der Waals surface area (Å²) in [5.41, 5.74) is 6.64. The Hall–Kier alpha value is -5.04. The maximum atomic E-state index is 13.9. The van der Waals surface area contributed by atoms with Crippen LogP contribution in [0.15, 0.2) is 103 Å². The number of carbonyl (C=O) groups excluding carboxylic acids is 2. The molecule has 42 heavy (non-hydrogen) atoms. The predicted molar refractivity (Wildman–Crippen MR) is 165 cm³/mol. The van der Waals surface area contributed by atoms with Gasteiger partial charge in [0.1, 0.15) is 12.3 Å². The molecule has 210 valence electrons. The first-order valence-electron chi connectivity index (χ1n) is 14.4. The Balaban J connectivity index is 1.21. The molecule has 7 rings (SSSR count). The van der Waals surface area contributed by atoms with Crippen LogP contribution in [0.1, 0.15) is 27.5 Å². The van der Waals surface area contributed by atoms with Crippen molar-refractivity contribution in [3.05, 3.63) is 120 Å². The number of aromatic nitrogens is 1. The van der Waals surface area contributed by atoms with Crippen LogP contribution in [-0.4, -0.2) is 66.4 Å². The first-order chi connectivity index (χ1) is 20.6. The number of fused-ring (bicyclic) bond motifs is 2. The molecule has 2 aliphatic heterocycles. The number of H-pyrrole nitrogens is 1. The molecule has 1 fully saturated rings. The zero-order valence-electron chi connectivity index (χ0n) is 23.5. The summed E-state index contributed by atoms with van der Waals surface area (Å²) in [6, 6.07) is 33.7. The number of methoxy groups -OCH3 is 1. The molecule has 1 atom stereocenters. The third-order valence-electron chi connectivity index (χ3n) is 8.50. The zero-order chi connectivity index (χ0) is 28.6. The van der Waals surface area contributed by atoms with E-state index in [0.29, 0.717) is 31.7 Å². The maximum absolute atomic E-state index is 13.9. The lowest BCUT2D eigenvalue weighted by atomic mass is 9.93. The number of ether oxygens (including phenoxy) is 1. The van der Waals surface area contributed by atoms with Gasteiger partial charge in [-0.1, -0.05) is 78.9 Å². The third kappa shape index (κ3) is 4.38. The van der Waals surface area contributed by atoms with Crippen LogP contribution in [0.5, 0.6) is 5.75 Å². The average Bonchev–Trinajstić information content (AvgIpc) is 3.56. The number of amides is 2. The third-order valence-corrected chi connectivity index (χ3v) is 8.50. The Morgan fingerprint density at radius 3 is 2.33 bits per heavy atom. The molecular weight excluding hydrogens is 524 g/mol. The second-order valence-electron chi connectivity index (χ2n) is 10.8. The molecule has 7 heteroatoms. The van der Waals surface area contributed by atoms with Crippen LogP contribution in [-0.2, 0) is 4.79 Å². The van der Waals surface area contributed by atoms with E-state index in [0.717, 1.165) is 44.7 Å². The molecule has 4 aromatic carbocycles. The monoisotopic (exact) mass is 556 g/mol. The number of hydrogen-bond acceptors (Lipinski definition) is 4. The fourth-order valence-electron chi connectivity index (χ4n) is 6.46. The van der Waals surface area contributed by atoms with Crippen LogP contribution in [0.4, 0.5) is 5.69 Å². The van der Waals surface area contributed by atoms with Crippen LogP contribution in [0.3, 0.4) is 0 Å². The molecule has 3 heterocycles. The van der Waals surface area contributed by atoms with Gasteiger partial charge in [0.25, 0.3) is 5.91 Å². The van der Waals surface area contributed by atoms with Crippen LogP contribution in [0.2, 0.25) is 0 Å². The van der Waals surface area contributed by atoms with Gasteiger partial charge in [0.05, 0.1) is 24.5 Å². The molecule has 0 unspecified atom stereocenters. The molecule has 1 aromatic heterocycles. The normalized spacial score (nSPS) is 16.6. The molecule has 0 bridgehead atoms. The topological polar surface area (TPSA) is 68.9 Å². The van der Waals surface area contributed by atoms with Crippen LogP contribution < -0.4 is 9.64 Å². The summed E-state index contributed by atoms with van der Waals surface area (Å²) in [5.74, 6) is 0.677. The van der Waals surface area contributed by atoms with Crippen molar-refractivity contribution < 1.29 is 14.3 Å². The van der Waals surface area contributed by atoms with E-state index in [1.165, 1.54) is 0 Å². The van der Waals surface area contributed by atoms with Crippen molar-refractivity contribution in [1.29, 1.82) is 0 Å². The van der Waals surface area contributed by atoms with Gasteiger partial charge in [-0.3, -0.25) is 9.59 Å². The number of piperazine rings is 1. The van der Waals surface area contributed by atoms with Gasteiger partial charge < -0.3 is 24.4 Å². The van der Waals surface area contributed by atoms with Gasteiger partial charge in [-0.25, -0.2) is 0 Å². The Kier molecular flexibility index (Phi) is 6.62. The van der Waals surface area contributed by atoms with Gasteiger partial charge in [-0.15, -0.1) is 0 Å². The van der Waals surface area contributed by atoms with E-state index in [2.05, 4.69) is 34.1 Å². The minimum Gasteiger partial charge on any atom is -0.495 e. The minimum absolute atomic E-state index is 0.0145. The van der Waals surface area contributed by atoms with Gasteiger partial charge in [0.2, 0.25) is 5.91 Å². The smallest absolute Gasteiger partial charge is 0.255 e. The molecular formula is C35H32N4O3. The van der Waals surface area contributed by atoms with Crippen LogP contribution in [0, 0.1) is 0 Å². The summed E-state index contributed by atoms with van der Waals surface area (Å²) in [5, 5.41) is 1.05. The molecule has 0 spiro atoms. The molecule has 7 nitrogen and oxygen atoms in total. The molecule has 1 saturated heterocycles. The highest BCUT2D eigenvalue weighted by Crippen LogP contribution is 2.45. The fraction of sp³-hybridized carbons (Fsp3) is 0.200. The van der Waals surface area contributed by atoms with E-state index < -0.39 is 0 Å². The van der Waals surface area contributed by atoms with E-state index in [9.17, 15) is 9.59 Å². The number of benzene rings is 4. The van der Waals surface area contributed by atoms with Crippen molar-refractivity contribution in [2.75, 3.05) is 44.7 Å². The van der Waals surface area contributed by atoms with Crippen LogP contribution in [0.25, 0.3) is 22.2 Å². The summed E-state index contributed by atoms with van der Waals surface area (Å²) in [7, 11) is 1.68. The quantitative estimate of drug-likeness (QED) is 0.290. The predicted octanol–water partition coefficient (Wildman–Crippen LogP) is 5.74. The first-order valence-corrected chi connectivity index (χ1v) is 14.4. The SMILES string of the molecule is COc1ccccc1N1CCN(C(=O)CN2C(=O)c3ccccc3[C@H]2c2c(-c3ccccc3)[nH]c3ccccc23)CC1. The lowest BCUT2D eigenvalue weighted by molar-refractivity contribution is -0.132. The number of nitrogens with one attached hydrogen (secondary N) is 1. The Morgan fingerprint density at radius 1 is 0.833 bits per heavy atom. The van der Waals surface area contributed by atoms with E-state index in [-0.39, 0.29) is 24.4 Å². The maximum Gasteiger partial charge on any atom is 0.255 e. The number of para-hydroxylation sites is 3. The number of nitrogens with zero attached hydrogens (tertiary/aromatic N) is 3. The number of anilines is 1. The van der Waals surface area contributed by atoms with Gasteiger partial charge in [-0.2, -0.15) is 0 Å². The van der Waals surface area contributed by atoms with E-state index >= 15 is 0 Å². The lowest BCUT2D eigenvalue weighted by Gasteiger charge is -2.37. The van der Waals surface area contributed by atoms with Crippen molar-refractivity contribution in [1.82, 2.24) is 14.8 Å². The van der Waals surface area contributed by atoms with Crippen molar-refractivity contribution in [2.24, 2.45) is 0 Å². The summed E-state index contributed by atoms with van der Waals surface area (Å²) in [4.78, 5) is 37.3. The Morgan fingerprint density at radius 2 is 1.52 bits per heavy atom. The minimum atomic E-state index is -0.390. The number of aromatic amines is 1. The largest absolute Gasteiger partial charge is 0.495 e. The zero-order valence-corrected chi connectivity index (χ0v) is 23.5. The Bertz CT molecular complexity index is 1770. The highest BCUT2D eigenvalue weighted by Gasteiger charge is 2.41. The van der Waals surface area contributed by atoms with Crippen LogP contribution >= 0.6 is 0 Å². The second-order valence-corrected chi connectivity index (χ2v) is 10.8. The van der Waals surface area contributed by atoms with Gasteiger partial charge in [0, 0.05) is 48.2 Å². The fourth-order valence-corrected chi connectivity index (χ4v) is 6.46. The van der Waals surface area contributed by atoms with Crippen molar-refractivity contribution in [3.63, 3.8) is 0 Å². The highest BCUT2D eigenvalue weighted by atomic mass is 16.5.